The summed E-state index contributed by atoms with van der Waals surface area (Å²) in [5.41, 5.74) is 2.98. The number of rotatable bonds is 11. The second kappa shape index (κ2) is 13.5. The van der Waals surface area contributed by atoms with Gasteiger partial charge in [-0.2, -0.15) is 0 Å². The molecule has 210 valence electrons. The third kappa shape index (κ3) is 7.44. The van der Waals surface area contributed by atoms with E-state index in [9.17, 15) is 9.18 Å². The number of terminal acetylenes is 1. The van der Waals surface area contributed by atoms with E-state index in [2.05, 4.69) is 31.1 Å². The van der Waals surface area contributed by atoms with Gasteiger partial charge in [0.2, 0.25) is 5.88 Å². The molecule has 0 aliphatic heterocycles. The fourth-order valence-electron chi connectivity index (χ4n) is 4.23. The number of halogens is 1. The van der Waals surface area contributed by atoms with Crippen molar-refractivity contribution >= 4 is 17.3 Å². The van der Waals surface area contributed by atoms with Crippen LogP contribution in [0, 0.1) is 18.2 Å². The van der Waals surface area contributed by atoms with Crippen molar-refractivity contribution in [2.24, 2.45) is 0 Å². The van der Waals surface area contributed by atoms with Gasteiger partial charge in [-0.1, -0.05) is 12.8 Å². The molecule has 9 heteroatoms. The van der Waals surface area contributed by atoms with E-state index in [0.29, 0.717) is 34.8 Å². The van der Waals surface area contributed by atoms with E-state index in [4.69, 9.17) is 11.2 Å². The first-order valence-electron chi connectivity index (χ1n) is 13.3. The van der Waals surface area contributed by atoms with Crippen molar-refractivity contribution in [2.75, 3.05) is 44.4 Å². The highest BCUT2D eigenvalue weighted by molar-refractivity contribution is 6.06. The number of hydrogen-bond acceptors (Lipinski definition) is 7. The van der Waals surface area contributed by atoms with E-state index in [0.717, 1.165) is 25.2 Å². The van der Waals surface area contributed by atoms with Crippen molar-refractivity contribution in [3.63, 3.8) is 0 Å². The summed E-state index contributed by atoms with van der Waals surface area (Å²) < 4.78 is 21.0. The van der Waals surface area contributed by atoms with Gasteiger partial charge in [-0.3, -0.25) is 4.79 Å². The summed E-state index contributed by atoms with van der Waals surface area (Å²) >= 11 is 0. The van der Waals surface area contributed by atoms with Crippen LogP contribution in [0.3, 0.4) is 0 Å². The van der Waals surface area contributed by atoms with Crippen LogP contribution in [0.1, 0.15) is 35.1 Å². The lowest BCUT2D eigenvalue weighted by molar-refractivity contribution is 0.102. The third-order valence-corrected chi connectivity index (χ3v) is 6.39. The van der Waals surface area contributed by atoms with Gasteiger partial charge in [0.15, 0.2) is 0 Å². The minimum absolute atomic E-state index is 0.178. The Balaban J connectivity index is 1.59. The SMILES string of the molecule is C#Cc1ccc(N(C)CCCN(C)C)c(NC(=O)c2cc(Oc3ncccc3-c3ccnc(CC)n3)ccc2F)c1. The Morgan fingerprint density at radius 3 is 2.63 bits per heavy atom. The summed E-state index contributed by atoms with van der Waals surface area (Å²) in [6.45, 7) is 3.65. The number of pyridine rings is 1. The van der Waals surface area contributed by atoms with Gasteiger partial charge in [-0.25, -0.2) is 19.3 Å². The molecule has 0 spiro atoms. The van der Waals surface area contributed by atoms with Crippen molar-refractivity contribution in [3.05, 3.63) is 89.8 Å². The minimum atomic E-state index is -0.687. The normalized spacial score (nSPS) is 10.8. The molecule has 0 unspecified atom stereocenters. The number of carbonyl (C=O) groups excluding carboxylic acids is 1. The van der Waals surface area contributed by atoms with E-state index in [1.807, 2.05) is 51.2 Å². The van der Waals surface area contributed by atoms with E-state index >= 15 is 0 Å². The van der Waals surface area contributed by atoms with Crippen LogP contribution in [0.5, 0.6) is 11.6 Å². The van der Waals surface area contributed by atoms with E-state index in [1.165, 1.54) is 18.2 Å². The van der Waals surface area contributed by atoms with Gasteiger partial charge in [0, 0.05) is 38.0 Å². The first-order valence-corrected chi connectivity index (χ1v) is 13.3. The van der Waals surface area contributed by atoms with Crippen LogP contribution in [0.25, 0.3) is 11.3 Å². The Labute approximate surface area is 240 Å². The number of hydrogen-bond donors (Lipinski definition) is 1. The highest BCUT2D eigenvalue weighted by Crippen LogP contribution is 2.32. The number of anilines is 2. The number of aromatic nitrogens is 3. The zero-order valence-electron chi connectivity index (χ0n) is 23.7. The van der Waals surface area contributed by atoms with Gasteiger partial charge in [-0.15, -0.1) is 6.42 Å². The van der Waals surface area contributed by atoms with Crippen molar-refractivity contribution < 1.29 is 13.9 Å². The molecule has 1 N–H and O–H groups in total. The Morgan fingerprint density at radius 1 is 1.05 bits per heavy atom. The molecule has 4 aromatic rings. The molecule has 2 aromatic heterocycles. The molecular formula is C32H33FN6O2. The summed E-state index contributed by atoms with van der Waals surface area (Å²) in [5, 5.41) is 2.85. The van der Waals surface area contributed by atoms with Gasteiger partial charge in [0.1, 0.15) is 17.4 Å². The molecule has 2 heterocycles. The van der Waals surface area contributed by atoms with E-state index in [-0.39, 0.29) is 17.2 Å². The summed E-state index contributed by atoms with van der Waals surface area (Å²) in [7, 11) is 5.98. The maximum atomic E-state index is 14.9. The van der Waals surface area contributed by atoms with Crippen molar-refractivity contribution in [1.29, 1.82) is 0 Å². The van der Waals surface area contributed by atoms with Crippen LogP contribution in [-0.2, 0) is 6.42 Å². The van der Waals surface area contributed by atoms with E-state index < -0.39 is 11.7 Å². The molecular weight excluding hydrogens is 519 g/mol. The number of nitrogens with zero attached hydrogens (tertiary/aromatic N) is 5. The summed E-state index contributed by atoms with van der Waals surface area (Å²) in [5.74, 6) is 2.49. The zero-order valence-corrected chi connectivity index (χ0v) is 23.7. The third-order valence-electron chi connectivity index (χ3n) is 6.39. The van der Waals surface area contributed by atoms with Crippen LogP contribution >= 0.6 is 0 Å². The van der Waals surface area contributed by atoms with Gasteiger partial charge in [0.05, 0.1) is 28.2 Å². The quantitative estimate of drug-likeness (QED) is 0.241. The Hall–Kier alpha value is -4.81. The lowest BCUT2D eigenvalue weighted by Gasteiger charge is -2.24. The average Bonchev–Trinajstić information content (AvgIpc) is 2.98. The molecule has 0 atom stereocenters. The number of nitrogens with one attached hydrogen (secondary N) is 1. The number of amides is 1. The molecule has 8 nitrogen and oxygen atoms in total. The van der Waals surface area contributed by atoms with Gasteiger partial charge in [-0.05, 0) is 81.7 Å². The highest BCUT2D eigenvalue weighted by Gasteiger charge is 2.18. The summed E-state index contributed by atoms with van der Waals surface area (Å²) in [6.07, 6.45) is 10.5. The summed E-state index contributed by atoms with van der Waals surface area (Å²) in [4.78, 5) is 30.7. The lowest BCUT2D eigenvalue weighted by atomic mass is 10.1. The topological polar surface area (TPSA) is 83.5 Å². The standard InChI is InChI=1S/C32H33FN6O2/c1-6-22-11-14-29(39(5)19-9-18-38(3)4)28(20-22)37-31(40)25-21-23(12-13-26(25)33)41-32-24(10-8-16-35-32)27-15-17-34-30(7-2)36-27/h1,8,10-17,20-21H,7,9,18-19H2,2-5H3,(H,37,40). The van der Waals surface area contributed by atoms with Crippen molar-refractivity contribution in [3.8, 4) is 35.2 Å². The second-order valence-electron chi connectivity index (χ2n) is 9.72. The Morgan fingerprint density at radius 2 is 1.88 bits per heavy atom. The smallest absolute Gasteiger partial charge is 0.258 e. The van der Waals surface area contributed by atoms with Crippen LogP contribution in [0.2, 0.25) is 0 Å². The largest absolute Gasteiger partial charge is 0.438 e. The van der Waals surface area contributed by atoms with Crippen molar-refractivity contribution in [2.45, 2.75) is 19.8 Å². The minimum Gasteiger partial charge on any atom is -0.438 e. The molecule has 0 aliphatic carbocycles. The fourth-order valence-corrected chi connectivity index (χ4v) is 4.23. The van der Waals surface area contributed by atoms with Gasteiger partial charge < -0.3 is 19.9 Å². The predicted molar refractivity (Wildman–Crippen MR) is 160 cm³/mol. The summed E-state index contributed by atoms with van der Waals surface area (Å²) in [6, 6.07) is 14.8. The zero-order chi connectivity index (χ0) is 29.4. The number of ether oxygens (including phenoxy) is 1. The van der Waals surface area contributed by atoms with E-state index in [1.54, 1.807) is 30.6 Å². The maximum absolute atomic E-state index is 14.9. The molecule has 41 heavy (non-hydrogen) atoms. The molecule has 0 fully saturated rings. The van der Waals surface area contributed by atoms with Crippen LogP contribution in [0.15, 0.2) is 67.0 Å². The Bertz CT molecular complexity index is 1570. The second-order valence-corrected chi connectivity index (χ2v) is 9.72. The molecule has 2 aromatic carbocycles. The number of benzene rings is 2. The van der Waals surface area contributed by atoms with Crippen molar-refractivity contribution in [1.82, 2.24) is 19.9 Å². The first-order chi connectivity index (χ1) is 19.8. The fraction of sp³-hybridized carbons (Fsp3) is 0.250. The maximum Gasteiger partial charge on any atom is 0.258 e. The van der Waals surface area contributed by atoms with Gasteiger partial charge >= 0.3 is 0 Å². The van der Waals surface area contributed by atoms with Crippen LogP contribution in [0.4, 0.5) is 15.8 Å². The number of carbonyl (C=O) groups is 1. The molecule has 0 saturated carbocycles. The van der Waals surface area contributed by atoms with Crippen LogP contribution < -0.4 is 15.0 Å². The monoisotopic (exact) mass is 552 g/mol. The molecule has 0 bridgehead atoms. The average molecular weight is 553 g/mol. The molecule has 0 saturated heterocycles. The van der Waals surface area contributed by atoms with Gasteiger partial charge in [0.25, 0.3) is 5.91 Å². The molecule has 1 amide bonds. The lowest BCUT2D eigenvalue weighted by Crippen LogP contribution is -2.25. The molecule has 0 radical (unpaired) electrons. The molecule has 4 rings (SSSR count). The van der Waals surface area contributed by atoms with Crippen LogP contribution in [-0.4, -0.2) is 60.0 Å². The predicted octanol–water partition coefficient (Wildman–Crippen LogP) is 5.65. The Kier molecular flexibility index (Phi) is 9.61. The first kappa shape index (κ1) is 29.2. The highest BCUT2D eigenvalue weighted by atomic mass is 19.1. The number of aryl methyl sites for hydroxylation is 1. The molecule has 0 aliphatic rings.